The third kappa shape index (κ3) is 3.59. The fourth-order valence-corrected chi connectivity index (χ4v) is 2.18. The van der Waals surface area contributed by atoms with E-state index in [1.807, 2.05) is 0 Å². The first-order valence-electron chi connectivity index (χ1n) is 5.86. The van der Waals surface area contributed by atoms with Crippen LogP contribution in [0.5, 0.6) is 0 Å². The summed E-state index contributed by atoms with van der Waals surface area (Å²) in [6, 6.07) is 7.70. The van der Waals surface area contributed by atoms with Crippen LogP contribution in [0.1, 0.15) is 26.5 Å². The SMILES string of the molecule is Cc1nc(C(=O)Nc2ccc(Cl)c(Br)c2)ccc1C(=O)O. The lowest BCUT2D eigenvalue weighted by molar-refractivity contribution is 0.0695. The van der Waals surface area contributed by atoms with Gasteiger partial charge in [0.2, 0.25) is 0 Å². The van der Waals surface area contributed by atoms with Gasteiger partial charge >= 0.3 is 5.97 Å². The van der Waals surface area contributed by atoms with Gasteiger partial charge in [-0.15, -0.1) is 0 Å². The molecule has 0 fully saturated rings. The Morgan fingerprint density at radius 3 is 2.57 bits per heavy atom. The maximum Gasteiger partial charge on any atom is 0.337 e. The van der Waals surface area contributed by atoms with Crippen molar-refractivity contribution < 1.29 is 14.7 Å². The van der Waals surface area contributed by atoms with Crippen molar-refractivity contribution in [2.45, 2.75) is 6.92 Å². The minimum absolute atomic E-state index is 0.0702. The summed E-state index contributed by atoms with van der Waals surface area (Å²) >= 11 is 9.14. The number of benzene rings is 1. The van der Waals surface area contributed by atoms with Crippen molar-refractivity contribution in [1.82, 2.24) is 4.98 Å². The third-order valence-electron chi connectivity index (χ3n) is 2.73. The molecule has 0 saturated heterocycles. The van der Waals surface area contributed by atoms with Gasteiger partial charge in [0.05, 0.1) is 16.3 Å². The summed E-state index contributed by atoms with van der Waals surface area (Å²) in [6.07, 6.45) is 0. The summed E-state index contributed by atoms with van der Waals surface area (Å²) in [4.78, 5) is 27.0. The van der Waals surface area contributed by atoms with Crippen LogP contribution in [0.15, 0.2) is 34.8 Å². The van der Waals surface area contributed by atoms with Crippen molar-refractivity contribution in [3.8, 4) is 0 Å². The van der Waals surface area contributed by atoms with Crippen LogP contribution in [-0.4, -0.2) is 22.0 Å². The topological polar surface area (TPSA) is 79.3 Å². The lowest BCUT2D eigenvalue weighted by Crippen LogP contribution is -2.15. The standard InChI is InChI=1S/C14H10BrClN2O3/c1-7-9(14(20)21)3-5-12(17-7)13(19)18-8-2-4-11(16)10(15)6-8/h2-6H,1H3,(H,18,19)(H,20,21). The fourth-order valence-electron chi connectivity index (χ4n) is 1.68. The highest BCUT2D eigenvalue weighted by Gasteiger charge is 2.13. The minimum atomic E-state index is -1.08. The van der Waals surface area contributed by atoms with Gasteiger partial charge in [-0.05, 0) is 53.2 Å². The molecular weight excluding hydrogens is 360 g/mol. The number of pyridine rings is 1. The highest BCUT2D eigenvalue weighted by atomic mass is 79.9. The smallest absolute Gasteiger partial charge is 0.337 e. The number of halogens is 2. The molecule has 2 N–H and O–H groups in total. The van der Waals surface area contributed by atoms with Gasteiger partial charge in [0, 0.05) is 10.2 Å². The number of aryl methyl sites for hydroxylation is 1. The molecule has 21 heavy (non-hydrogen) atoms. The van der Waals surface area contributed by atoms with Crippen molar-refractivity contribution in [3.05, 3.63) is 56.8 Å². The summed E-state index contributed by atoms with van der Waals surface area (Å²) in [5.41, 5.74) is 1.05. The molecule has 7 heteroatoms. The average molecular weight is 370 g/mol. The second-order valence-corrected chi connectivity index (χ2v) is 5.48. The number of hydrogen-bond donors (Lipinski definition) is 2. The van der Waals surface area contributed by atoms with E-state index < -0.39 is 11.9 Å². The molecular formula is C14H10BrClN2O3. The largest absolute Gasteiger partial charge is 0.478 e. The van der Waals surface area contributed by atoms with Crippen molar-refractivity contribution in [2.24, 2.45) is 0 Å². The molecule has 0 bridgehead atoms. The lowest BCUT2D eigenvalue weighted by Gasteiger charge is -2.07. The van der Waals surface area contributed by atoms with E-state index in [0.717, 1.165) is 0 Å². The zero-order valence-electron chi connectivity index (χ0n) is 10.9. The molecule has 2 aromatic rings. The molecule has 0 aliphatic rings. The van der Waals surface area contributed by atoms with Gasteiger partial charge in [-0.3, -0.25) is 4.79 Å². The average Bonchev–Trinajstić information content (AvgIpc) is 2.42. The van der Waals surface area contributed by atoms with E-state index in [9.17, 15) is 9.59 Å². The van der Waals surface area contributed by atoms with E-state index in [1.165, 1.54) is 12.1 Å². The first-order chi connectivity index (χ1) is 9.88. The molecule has 1 aromatic carbocycles. The van der Waals surface area contributed by atoms with E-state index in [0.29, 0.717) is 15.2 Å². The second-order valence-electron chi connectivity index (χ2n) is 4.22. The normalized spacial score (nSPS) is 10.2. The Labute approximate surface area is 134 Å². The molecule has 0 aliphatic carbocycles. The Hall–Kier alpha value is -1.92. The van der Waals surface area contributed by atoms with Gasteiger partial charge in [0.15, 0.2) is 0 Å². The van der Waals surface area contributed by atoms with Crippen LogP contribution < -0.4 is 5.32 Å². The van der Waals surface area contributed by atoms with E-state index in [2.05, 4.69) is 26.2 Å². The molecule has 0 unspecified atom stereocenters. The number of aromatic carboxylic acids is 1. The number of carbonyl (C=O) groups excluding carboxylic acids is 1. The predicted octanol–water partition coefficient (Wildman–Crippen LogP) is 3.76. The predicted molar refractivity (Wildman–Crippen MR) is 83.0 cm³/mol. The van der Waals surface area contributed by atoms with Crippen molar-refractivity contribution in [1.29, 1.82) is 0 Å². The van der Waals surface area contributed by atoms with Crippen LogP contribution in [-0.2, 0) is 0 Å². The number of carboxylic acids is 1. The first-order valence-corrected chi connectivity index (χ1v) is 7.03. The van der Waals surface area contributed by atoms with Crippen LogP contribution in [0.4, 0.5) is 5.69 Å². The quantitative estimate of drug-likeness (QED) is 0.863. The summed E-state index contributed by atoms with van der Waals surface area (Å²) in [5, 5.41) is 12.1. The number of carbonyl (C=O) groups is 2. The Kier molecular flexibility index (Phi) is 4.59. The molecule has 2 rings (SSSR count). The van der Waals surface area contributed by atoms with Crippen LogP contribution in [0.3, 0.4) is 0 Å². The van der Waals surface area contributed by atoms with Gasteiger partial charge in [0.25, 0.3) is 5.91 Å². The van der Waals surface area contributed by atoms with E-state index >= 15 is 0 Å². The maximum absolute atomic E-state index is 12.1. The van der Waals surface area contributed by atoms with Crippen molar-refractivity contribution in [3.63, 3.8) is 0 Å². The number of carboxylic acid groups (broad SMARTS) is 1. The van der Waals surface area contributed by atoms with Crippen LogP contribution in [0.2, 0.25) is 5.02 Å². The Morgan fingerprint density at radius 1 is 1.29 bits per heavy atom. The van der Waals surface area contributed by atoms with Crippen LogP contribution >= 0.6 is 27.5 Å². The molecule has 1 aromatic heterocycles. The van der Waals surface area contributed by atoms with E-state index in [-0.39, 0.29) is 17.0 Å². The molecule has 1 amide bonds. The van der Waals surface area contributed by atoms with Gasteiger partial charge in [-0.2, -0.15) is 0 Å². The van der Waals surface area contributed by atoms with Crippen LogP contribution in [0.25, 0.3) is 0 Å². The molecule has 0 atom stereocenters. The van der Waals surface area contributed by atoms with Gasteiger partial charge in [0.1, 0.15) is 5.69 Å². The highest BCUT2D eigenvalue weighted by Crippen LogP contribution is 2.25. The summed E-state index contributed by atoms with van der Waals surface area (Å²) in [7, 11) is 0. The highest BCUT2D eigenvalue weighted by molar-refractivity contribution is 9.10. The Morgan fingerprint density at radius 2 is 2.00 bits per heavy atom. The molecule has 1 heterocycles. The van der Waals surface area contributed by atoms with Crippen molar-refractivity contribution >= 4 is 45.1 Å². The van der Waals surface area contributed by atoms with Crippen molar-refractivity contribution in [2.75, 3.05) is 5.32 Å². The molecule has 0 aliphatic heterocycles. The van der Waals surface area contributed by atoms with Gasteiger partial charge < -0.3 is 10.4 Å². The lowest BCUT2D eigenvalue weighted by atomic mass is 10.2. The summed E-state index contributed by atoms with van der Waals surface area (Å²) in [6.45, 7) is 1.54. The van der Waals surface area contributed by atoms with Gasteiger partial charge in [-0.25, -0.2) is 9.78 Å². The van der Waals surface area contributed by atoms with E-state index in [4.69, 9.17) is 16.7 Å². The Balaban J connectivity index is 2.22. The monoisotopic (exact) mass is 368 g/mol. The number of nitrogens with zero attached hydrogens (tertiary/aromatic N) is 1. The van der Waals surface area contributed by atoms with Gasteiger partial charge in [-0.1, -0.05) is 11.6 Å². The number of anilines is 1. The number of nitrogens with one attached hydrogen (secondary N) is 1. The number of amides is 1. The number of rotatable bonds is 3. The third-order valence-corrected chi connectivity index (χ3v) is 3.94. The molecule has 0 saturated carbocycles. The molecule has 0 spiro atoms. The van der Waals surface area contributed by atoms with Crippen LogP contribution in [0, 0.1) is 6.92 Å². The molecule has 0 radical (unpaired) electrons. The zero-order chi connectivity index (χ0) is 15.6. The first kappa shape index (κ1) is 15.5. The second kappa shape index (κ2) is 6.24. The summed E-state index contributed by atoms with van der Waals surface area (Å²) < 4.78 is 0.660. The number of hydrogen-bond acceptors (Lipinski definition) is 3. The fraction of sp³-hybridized carbons (Fsp3) is 0.0714. The number of aromatic nitrogens is 1. The Bertz CT molecular complexity index is 734. The molecule has 108 valence electrons. The van der Waals surface area contributed by atoms with E-state index in [1.54, 1.807) is 25.1 Å². The zero-order valence-corrected chi connectivity index (χ0v) is 13.2. The summed E-state index contributed by atoms with van der Waals surface area (Å²) in [5.74, 6) is -1.50. The maximum atomic E-state index is 12.1. The minimum Gasteiger partial charge on any atom is -0.478 e. The molecule has 5 nitrogen and oxygen atoms in total.